The average Bonchev–Trinajstić information content (AvgIpc) is 3.07. The Morgan fingerprint density at radius 1 is 0.451 bits per heavy atom. The van der Waals surface area contributed by atoms with Crippen molar-refractivity contribution in [2.75, 3.05) is 7.11 Å². The molecule has 0 aromatic carbocycles. The molecule has 0 radical (unpaired) electrons. The third-order valence-electron chi connectivity index (χ3n) is 8.84. The van der Waals surface area contributed by atoms with Crippen LogP contribution in [0.3, 0.4) is 0 Å². The Morgan fingerprint density at radius 3 is 1.02 bits per heavy atom. The predicted octanol–water partition coefficient (Wildman–Crippen LogP) is -7.27. The van der Waals surface area contributed by atoms with E-state index in [0.29, 0.717) is 0 Å². The van der Waals surface area contributed by atoms with Gasteiger partial charge in [-0.3, -0.25) is 0 Å². The maximum Gasteiger partial charge on any atom is 0.335 e. The molecule has 4 aliphatic heterocycles. The smallest absolute Gasteiger partial charge is 0.335 e. The number of hydrogen-bond donors (Lipinski definition) is 12. The lowest BCUT2D eigenvalue weighted by Crippen LogP contribution is -2.68. The van der Waals surface area contributed by atoms with Gasteiger partial charge in [0, 0.05) is 7.11 Å². The fourth-order valence-corrected chi connectivity index (χ4v) is 6.10. The van der Waals surface area contributed by atoms with Crippen LogP contribution in [-0.4, -0.2) is 215 Å². The van der Waals surface area contributed by atoms with E-state index in [1.165, 1.54) is 6.92 Å². The van der Waals surface area contributed by atoms with Crippen molar-refractivity contribution in [3.05, 3.63) is 0 Å². The lowest BCUT2D eigenvalue weighted by atomic mass is 9.93. The molecule has 12 N–H and O–H groups in total. The first-order valence-corrected chi connectivity index (χ1v) is 15.3. The fraction of sp³-hybridized carbons (Fsp3) is 0.852. The van der Waals surface area contributed by atoms with Crippen LogP contribution in [0.1, 0.15) is 13.3 Å². The highest BCUT2D eigenvalue weighted by Crippen LogP contribution is 2.35. The van der Waals surface area contributed by atoms with Crippen LogP contribution in [0.15, 0.2) is 0 Å². The van der Waals surface area contributed by atoms with Crippen molar-refractivity contribution in [3.8, 4) is 0 Å². The largest absolute Gasteiger partial charge is 0.479 e. The van der Waals surface area contributed by atoms with Crippen LogP contribution < -0.4 is 0 Å². The zero-order chi connectivity index (χ0) is 38.2. The van der Waals surface area contributed by atoms with E-state index in [4.69, 9.17) is 37.9 Å². The summed E-state index contributed by atoms with van der Waals surface area (Å²) in [4.78, 5) is 47.8. The summed E-state index contributed by atoms with van der Waals surface area (Å²) in [5.41, 5.74) is 0. The highest BCUT2D eigenvalue weighted by Gasteiger charge is 2.58. The first-order valence-electron chi connectivity index (χ1n) is 15.3. The number of carboxylic acids is 4. The van der Waals surface area contributed by atoms with E-state index < -0.39 is 147 Å². The Balaban J connectivity index is 1.51. The molecule has 4 rings (SSSR count). The lowest BCUT2D eigenvalue weighted by molar-refractivity contribution is -0.376. The molecule has 4 heterocycles. The van der Waals surface area contributed by atoms with Crippen molar-refractivity contribution in [3.63, 3.8) is 0 Å². The van der Waals surface area contributed by atoms with Crippen LogP contribution in [0.4, 0.5) is 0 Å². The van der Waals surface area contributed by atoms with Crippen LogP contribution in [-0.2, 0) is 57.1 Å². The molecule has 51 heavy (non-hydrogen) atoms. The van der Waals surface area contributed by atoms with Crippen LogP contribution in [0, 0.1) is 0 Å². The van der Waals surface area contributed by atoms with E-state index in [0.717, 1.165) is 7.11 Å². The molecule has 292 valence electrons. The van der Waals surface area contributed by atoms with E-state index in [2.05, 4.69) is 0 Å². The number of ether oxygens (including phenoxy) is 8. The molecule has 9 unspecified atom stereocenters. The SMILES string of the molecule is CC[C@@H]1O[C@@H](C(=O)O)[C@@H](O[C@@H]2OC(C(=O)O)[C@@H](O[C@@H]3OC(C(=O)O)[C@@H](O[C@@H]4OC(C(=O)O)[C@@H](OC)[C@@H](O)C4O)C(O)C3O)C(O)[C@H]2O)C(O)C1O. The minimum atomic E-state index is -2.37. The number of aliphatic hydroxyl groups is 8. The van der Waals surface area contributed by atoms with Gasteiger partial charge in [0.15, 0.2) is 43.3 Å². The number of aliphatic carboxylic acids is 4. The fourth-order valence-electron chi connectivity index (χ4n) is 6.10. The Bertz CT molecular complexity index is 1250. The number of aliphatic hydroxyl groups excluding tert-OH is 8. The standard InChI is InChI=1S/C27H40O24/c1-3-4-5(28)6(29)14(18(45-4)22(38)39)46-26-11(34)8(31)16(20(50-26)24(42)43)48-27-12(35)9(32)15(19(51-27)23(40)41)47-25-10(33)7(30)13(44-2)17(49-25)21(36)37/h4-20,25-35H,3H2,1-2H3,(H,36,37)(H,38,39)(H,40,41)(H,42,43)/t4-,5?,6?,7-,8?,9?,10?,11+,12?,13-,14-,15-,16-,17?,18+,19?,20?,25+,26+,27+/m0/s1. The van der Waals surface area contributed by atoms with Crippen LogP contribution >= 0.6 is 0 Å². The van der Waals surface area contributed by atoms with E-state index in [1.54, 1.807) is 0 Å². The van der Waals surface area contributed by atoms with Gasteiger partial charge in [-0.2, -0.15) is 0 Å². The molecule has 0 spiro atoms. The predicted molar refractivity (Wildman–Crippen MR) is 149 cm³/mol. The van der Waals surface area contributed by atoms with Crippen LogP contribution in [0.2, 0.25) is 0 Å². The summed E-state index contributed by atoms with van der Waals surface area (Å²) in [6.07, 6.45) is -41.7. The summed E-state index contributed by atoms with van der Waals surface area (Å²) in [5.74, 6) is -7.21. The first-order chi connectivity index (χ1) is 23.9. The second-order valence-corrected chi connectivity index (χ2v) is 12.1. The molecule has 0 bridgehead atoms. The normalized spacial score (nSPS) is 47.7. The van der Waals surface area contributed by atoms with Gasteiger partial charge in [-0.1, -0.05) is 6.92 Å². The minimum absolute atomic E-state index is 0.0644. The summed E-state index contributed by atoms with van der Waals surface area (Å²) in [7, 11) is 1.00. The van der Waals surface area contributed by atoms with Crippen molar-refractivity contribution in [2.45, 2.75) is 136 Å². The lowest BCUT2D eigenvalue weighted by Gasteiger charge is -2.48. The molecule has 0 aliphatic carbocycles. The molecule has 4 fully saturated rings. The highest BCUT2D eigenvalue weighted by atomic mass is 16.8. The molecule has 24 nitrogen and oxygen atoms in total. The number of hydrogen-bond acceptors (Lipinski definition) is 20. The van der Waals surface area contributed by atoms with Gasteiger partial charge in [-0.15, -0.1) is 0 Å². The number of carboxylic acid groups (broad SMARTS) is 4. The maximum atomic E-state index is 12.2. The summed E-state index contributed by atoms with van der Waals surface area (Å²) < 4.78 is 41.6. The molecule has 0 aromatic heterocycles. The van der Waals surface area contributed by atoms with Gasteiger partial charge in [0.25, 0.3) is 0 Å². The molecular weight excluding hydrogens is 708 g/mol. The van der Waals surface area contributed by atoms with Gasteiger partial charge in [-0.05, 0) is 6.42 Å². The van der Waals surface area contributed by atoms with Gasteiger partial charge in [-0.25, -0.2) is 19.2 Å². The number of methoxy groups -OCH3 is 1. The summed E-state index contributed by atoms with van der Waals surface area (Å²) >= 11 is 0. The minimum Gasteiger partial charge on any atom is -0.479 e. The van der Waals surface area contributed by atoms with E-state index in [9.17, 15) is 80.5 Å². The Labute approximate surface area is 285 Å². The zero-order valence-electron chi connectivity index (χ0n) is 26.5. The summed E-state index contributed by atoms with van der Waals surface area (Å²) in [6.45, 7) is 1.52. The average molecular weight is 749 g/mol. The monoisotopic (exact) mass is 748 g/mol. The summed E-state index contributed by atoms with van der Waals surface area (Å²) in [6, 6.07) is 0. The highest BCUT2D eigenvalue weighted by molar-refractivity contribution is 5.75. The van der Waals surface area contributed by atoms with Crippen molar-refractivity contribution < 1.29 is 118 Å². The Kier molecular flexibility index (Phi) is 13.3. The van der Waals surface area contributed by atoms with E-state index in [-0.39, 0.29) is 6.42 Å². The molecule has 0 saturated carbocycles. The van der Waals surface area contributed by atoms with Gasteiger partial charge >= 0.3 is 23.9 Å². The van der Waals surface area contributed by atoms with E-state index in [1.807, 2.05) is 0 Å². The van der Waals surface area contributed by atoms with Gasteiger partial charge in [0.05, 0.1) is 6.10 Å². The third-order valence-corrected chi connectivity index (χ3v) is 8.84. The van der Waals surface area contributed by atoms with Crippen molar-refractivity contribution in [1.82, 2.24) is 0 Å². The first kappa shape index (κ1) is 41.0. The van der Waals surface area contributed by atoms with Crippen LogP contribution in [0.25, 0.3) is 0 Å². The van der Waals surface area contributed by atoms with Gasteiger partial charge < -0.3 is 99.2 Å². The summed E-state index contributed by atoms with van der Waals surface area (Å²) in [5, 5.41) is 124. The van der Waals surface area contributed by atoms with Crippen molar-refractivity contribution in [2.24, 2.45) is 0 Å². The number of carbonyl (C=O) groups is 4. The topological polar surface area (TPSA) is 385 Å². The second-order valence-electron chi connectivity index (χ2n) is 12.1. The maximum absolute atomic E-state index is 12.2. The second kappa shape index (κ2) is 16.5. The quantitative estimate of drug-likeness (QED) is 0.0881. The van der Waals surface area contributed by atoms with Gasteiger partial charge in [0.2, 0.25) is 0 Å². The van der Waals surface area contributed by atoms with E-state index >= 15 is 0 Å². The van der Waals surface area contributed by atoms with Crippen molar-refractivity contribution in [1.29, 1.82) is 0 Å². The Hall–Kier alpha value is -2.76. The molecule has 0 aromatic rings. The third kappa shape index (κ3) is 8.10. The molecule has 4 saturated heterocycles. The molecule has 20 atom stereocenters. The zero-order valence-corrected chi connectivity index (χ0v) is 26.5. The Morgan fingerprint density at radius 2 is 0.725 bits per heavy atom. The van der Waals surface area contributed by atoms with Gasteiger partial charge in [0.1, 0.15) is 73.2 Å². The molecule has 0 amide bonds. The molecular formula is C27H40O24. The van der Waals surface area contributed by atoms with Crippen molar-refractivity contribution >= 4 is 23.9 Å². The molecule has 24 heteroatoms. The number of rotatable bonds is 12. The molecule has 4 aliphatic rings. The van der Waals surface area contributed by atoms with Crippen LogP contribution in [0.5, 0.6) is 0 Å².